The Morgan fingerprint density at radius 3 is 2.87 bits per heavy atom. The third-order valence-corrected chi connectivity index (χ3v) is 5.69. The summed E-state index contributed by atoms with van der Waals surface area (Å²) in [5.41, 5.74) is 0.344. The maximum absolute atomic E-state index is 12.5. The minimum Gasteiger partial charge on any atom is -0.616 e. The number of amides is 1. The van der Waals surface area contributed by atoms with E-state index in [1.807, 2.05) is 0 Å². The average Bonchev–Trinajstić information content (AvgIpc) is 2.56. The summed E-state index contributed by atoms with van der Waals surface area (Å²) < 4.78 is 11.4. The Kier molecular flexibility index (Phi) is 5.34. The number of nitrogens with one attached hydrogen (secondary N) is 1. The molecule has 3 heterocycles. The molecule has 126 valence electrons. The molecule has 1 aromatic rings. The number of piperidine rings is 1. The molecule has 0 bridgehead atoms. The summed E-state index contributed by atoms with van der Waals surface area (Å²) in [6.45, 7) is 1.01. The highest BCUT2D eigenvalue weighted by Gasteiger charge is 2.25. The minimum atomic E-state index is -0.695. The Labute approximate surface area is 138 Å². The van der Waals surface area contributed by atoms with Gasteiger partial charge in [-0.15, -0.1) is 0 Å². The van der Waals surface area contributed by atoms with Crippen molar-refractivity contribution in [3.63, 3.8) is 0 Å². The first-order valence-electron chi connectivity index (χ1n) is 8.03. The Hall–Kier alpha value is -1.38. The van der Waals surface area contributed by atoms with Crippen molar-refractivity contribution in [2.75, 3.05) is 29.9 Å². The smallest absolute Gasteiger partial charge is 0.272 e. The van der Waals surface area contributed by atoms with E-state index in [0.29, 0.717) is 36.1 Å². The quantitative estimate of drug-likeness (QED) is 0.774. The first-order valence-corrected chi connectivity index (χ1v) is 9.51. The van der Waals surface area contributed by atoms with Gasteiger partial charge in [0, 0.05) is 38.0 Å². The Bertz CT molecular complexity index is 551. The van der Waals surface area contributed by atoms with Crippen LogP contribution in [0.25, 0.3) is 0 Å². The second kappa shape index (κ2) is 7.46. The van der Waals surface area contributed by atoms with Gasteiger partial charge in [0.15, 0.2) is 0 Å². The lowest BCUT2D eigenvalue weighted by molar-refractivity contribution is 0.0469. The highest BCUT2D eigenvalue weighted by atomic mass is 32.2. The number of hydrogen-bond donors (Lipinski definition) is 2. The minimum absolute atomic E-state index is 0.168. The van der Waals surface area contributed by atoms with Crippen LogP contribution >= 0.6 is 0 Å². The van der Waals surface area contributed by atoms with Crippen molar-refractivity contribution in [2.45, 2.75) is 37.8 Å². The summed E-state index contributed by atoms with van der Waals surface area (Å²) in [5.74, 6) is 1.87. The van der Waals surface area contributed by atoms with Gasteiger partial charge in [-0.2, -0.15) is 0 Å². The molecule has 1 aromatic heterocycles. The van der Waals surface area contributed by atoms with Crippen LogP contribution in [0.3, 0.4) is 0 Å². The zero-order valence-corrected chi connectivity index (χ0v) is 13.8. The fraction of sp³-hybridized carbons (Fsp3) is 0.667. The van der Waals surface area contributed by atoms with Gasteiger partial charge in [0.2, 0.25) is 0 Å². The molecule has 2 aliphatic rings. The second-order valence-corrected chi connectivity index (χ2v) is 7.80. The number of aromatic nitrogens is 2. The third-order valence-electron chi connectivity index (χ3n) is 4.31. The molecule has 0 aromatic carbocycles. The number of aliphatic hydroxyl groups excluding tert-OH is 1. The van der Waals surface area contributed by atoms with Crippen LogP contribution in [-0.4, -0.2) is 67.2 Å². The van der Waals surface area contributed by atoms with Gasteiger partial charge in [-0.3, -0.25) is 4.79 Å². The average molecular weight is 338 g/mol. The summed E-state index contributed by atoms with van der Waals surface area (Å²) in [5, 5.41) is 13.0. The lowest BCUT2D eigenvalue weighted by Crippen LogP contribution is -2.42. The van der Waals surface area contributed by atoms with E-state index < -0.39 is 17.3 Å². The molecule has 1 atom stereocenters. The molecular weight excluding hydrogens is 316 g/mol. The van der Waals surface area contributed by atoms with Gasteiger partial charge in [-0.25, -0.2) is 9.97 Å². The monoisotopic (exact) mass is 338 g/mol. The van der Waals surface area contributed by atoms with Gasteiger partial charge in [0.25, 0.3) is 5.91 Å². The van der Waals surface area contributed by atoms with Crippen LogP contribution in [0.15, 0.2) is 12.4 Å². The first kappa shape index (κ1) is 16.5. The van der Waals surface area contributed by atoms with Crippen LogP contribution in [0.4, 0.5) is 5.82 Å². The predicted molar refractivity (Wildman–Crippen MR) is 87.7 cm³/mol. The highest BCUT2D eigenvalue weighted by Crippen LogP contribution is 2.18. The van der Waals surface area contributed by atoms with E-state index in [0.717, 1.165) is 25.7 Å². The molecular formula is C15H22N4O3S. The molecule has 3 rings (SSSR count). The summed E-state index contributed by atoms with van der Waals surface area (Å²) in [6.07, 6.45) is 4.18. The molecule has 2 fully saturated rings. The van der Waals surface area contributed by atoms with Crippen molar-refractivity contribution in [1.29, 1.82) is 0 Å². The van der Waals surface area contributed by atoms with E-state index >= 15 is 0 Å². The van der Waals surface area contributed by atoms with E-state index in [4.69, 9.17) is 0 Å². The molecule has 2 aliphatic heterocycles. The summed E-state index contributed by atoms with van der Waals surface area (Å²) in [4.78, 5) is 22.4. The van der Waals surface area contributed by atoms with Crippen molar-refractivity contribution in [3.8, 4) is 0 Å². The number of nitrogens with zero attached hydrogens (tertiary/aromatic N) is 3. The van der Waals surface area contributed by atoms with E-state index in [1.165, 1.54) is 6.33 Å². The topological polar surface area (TPSA) is 101 Å². The third kappa shape index (κ3) is 4.33. The Morgan fingerprint density at radius 1 is 1.35 bits per heavy atom. The molecule has 23 heavy (non-hydrogen) atoms. The normalized spacial score (nSPS) is 28.4. The number of carbonyl (C=O) groups excluding carboxylic acids is 1. The standard InChI is InChI=1S/C15H22N4O3S/c20-12-2-1-5-19(9-12)15(21)13-8-14(17-10-16-13)18-11-3-6-23(22)7-4-11/h8,10-12,20H,1-7,9H2,(H,16,17,18). The van der Waals surface area contributed by atoms with Crippen LogP contribution in [0.5, 0.6) is 0 Å². The van der Waals surface area contributed by atoms with Crippen LogP contribution in [-0.2, 0) is 11.2 Å². The van der Waals surface area contributed by atoms with Crippen LogP contribution < -0.4 is 5.32 Å². The fourth-order valence-corrected chi connectivity index (χ4v) is 4.30. The van der Waals surface area contributed by atoms with Gasteiger partial charge in [0.05, 0.1) is 6.10 Å². The zero-order chi connectivity index (χ0) is 16.2. The maximum atomic E-state index is 12.5. The molecule has 0 saturated carbocycles. The molecule has 2 N–H and O–H groups in total. The summed E-state index contributed by atoms with van der Waals surface area (Å²) >= 11 is -0.695. The lowest BCUT2D eigenvalue weighted by atomic mass is 10.1. The van der Waals surface area contributed by atoms with Gasteiger partial charge < -0.3 is 19.9 Å². The molecule has 0 spiro atoms. The summed E-state index contributed by atoms with van der Waals surface area (Å²) in [7, 11) is 0. The lowest BCUT2D eigenvalue weighted by Gasteiger charge is -2.30. The zero-order valence-electron chi connectivity index (χ0n) is 13.0. The van der Waals surface area contributed by atoms with Crippen molar-refractivity contribution < 1.29 is 14.5 Å². The van der Waals surface area contributed by atoms with E-state index in [-0.39, 0.29) is 11.9 Å². The number of hydrogen-bond acceptors (Lipinski definition) is 6. The number of rotatable bonds is 3. The number of likely N-dealkylation sites (tertiary alicyclic amines) is 1. The van der Waals surface area contributed by atoms with E-state index in [9.17, 15) is 14.5 Å². The van der Waals surface area contributed by atoms with Crippen LogP contribution in [0.2, 0.25) is 0 Å². The first-order chi connectivity index (χ1) is 11.1. The van der Waals surface area contributed by atoms with Crippen molar-refractivity contribution in [1.82, 2.24) is 14.9 Å². The SMILES string of the molecule is O=C(c1cc(NC2CC[S+]([O-])CC2)ncn1)N1CCCC(O)C1. The van der Waals surface area contributed by atoms with E-state index in [2.05, 4.69) is 15.3 Å². The number of carbonyl (C=O) groups is 1. The maximum Gasteiger partial charge on any atom is 0.272 e. The largest absolute Gasteiger partial charge is 0.616 e. The van der Waals surface area contributed by atoms with Crippen molar-refractivity contribution >= 4 is 22.9 Å². The number of anilines is 1. The van der Waals surface area contributed by atoms with E-state index in [1.54, 1.807) is 11.0 Å². The molecule has 8 heteroatoms. The molecule has 7 nitrogen and oxygen atoms in total. The molecule has 2 saturated heterocycles. The Balaban J connectivity index is 1.63. The van der Waals surface area contributed by atoms with Gasteiger partial charge in [-0.05, 0) is 12.8 Å². The molecule has 0 radical (unpaired) electrons. The number of β-amino-alcohol motifs (C(OH)–C–C–N with tert-alkyl or cyclic N) is 1. The van der Waals surface area contributed by atoms with Crippen LogP contribution in [0.1, 0.15) is 36.2 Å². The van der Waals surface area contributed by atoms with Crippen LogP contribution in [0, 0.1) is 0 Å². The van der Waals surface area contributed by atoms with Gasteiger partial charge in [-0.1, -0.05) is 11.2 Å². The van der Waals surface area contributed by atoms with Crippen molar-refractivity contribution in [3.05, 3.63) is 18.1 Å². The molecule has 1 amide bonds. The Morgan fingerprint density at radius 2 is 2.13 bits per heavy atom. The van der Waals surface area contributed by atoms with Gasteiger partial charge in [0.1, 0.15) is 29.3 Å². The fourth-order valence-electron chi connectivity index (χ4n) is 3.00. The highest BCUT2D eigenvalue weighted by molar-refractivity contribution is 7.91. The van der Waals surface area contributed by atoms with Gasteiger partial charge >= 0.3 is 0 Å². The molecule has 1 unspecified atom stereocenters. The molecule has 0 aliphatic carbocycles. The van der Waals surface area contributed by atoms with Crippen molar-refractivity contribution in [2.24, 2.45) is 0 Å². The second-order valence-electron chi connectivity index (χ2n) is 6.10. The predicted octanol–water partition coefficient (Wildman–Crippen LogP) is 0.396. The summed E-state index contributed by atoms with van der Waals surface area (Å²) in [6, 6.07) is 1.90. The number of aliphatic hydroxyl groups is 1.